The zero-order chi connectivity index (χ0) is 21.5. The molecule has 0 bridgehead atoms. The lowest BCUT2D eigenvalue weighted by molar-refractivity contribution is -0.384. The van der Waals surface area contributed by atoms with Crippen molar-refractivity contribution in [3.63, 3.8) is 0 Å². The van der Waals surface area contributed by atoms with Gasteiger partial charge in [-0.05, 0) is 74.5 Å². The Morgan fingerprint density at radius 1 is 1.07 bits per heavy atom. The minimum atomic E-state index is -0.550. The number of non-ortho nitro benzene ring substituents is 1. The van der Waals surface area contributed by atoms with Gasteiger partial charge in [0.15, 0.2) is 0 Å². The lowest BCUT2D eigenvalue weighted by Crippen LogP contribution is -2.17. The van der Waals surface area contributed by atoms with Crippen LogP contribution in [0.2, 0.25) is 0 Å². The molecule has 0 aliphatic carbocycles. The molecule has 0 saturated carbocycles. The SMILES string of the molecule is O=C(N/N=C\c1cc(I)c(OCc2ccccc2)c(I)c1)c1cccc([N+](=O)[O-])c1. The molecular weight excluding hydrogens is 612 g/mol. The first-order chi connectivity index (χ1) is 14.4. The maximum atomic E-state index is 12.1. The number of ether oxygens (including phenoxy) is 1. The lowest BCUT2D eigenvalue weighted by Gasteiger charge is -2.11. The molecule has 152 valence electrons. The fourth-order valence-corrected chi connectivity index (χ4v) is 4.64. The van der Waals surface area contributed by atoms with Gasteiger partial charge in [0.2, 0.25) is 0 Å². The molecule has 0 fully saturated rings. The molecule has 0 atom stereocenters. The first-order valence-corrected chi connectivity index (χ1v) is 10.8. The van der Waals surface area contributed by atoms with Crippen LogP contribution in [0.1, 0.15) is 21.5 Å². The number of hydrogen-bond donors (Lipinski definition) is 1. The molecule has 7 nitrogen and oxygen atoms in total. The van der Waals surface area contributed by atoms with Crippen molar-refractivity contribution < 1.29 is 14.5 Å². The predicted octanol–water partition coefficient (Wildman–Crippen LogP) is 5.15. The van der Waals surface area contributed by atoms with Gasteiger partial charge in [0.25, 0.3) is 11.6 Å². The third-order valence-corrected chi connectivity index (χ3v) is 5.55. The zero-order valence-corrected chi connectivity index (χ0v) is 19.7. The van der Waals surface area contributed by atoms with E-state index in [1.54, 1.807) is 0 Å². The number of nitrogens with one attached hydrogen (secondary N) is 1. The first-order valence-electron chi connectivity index (χ1n) is 8.67. The van der Waals surface area contributed by atoms with Crippen molar-refractivity contribution in [3.8, 4) is 5.75 Å². The molecule has 0 aromatic heterocycles. The molecule has 3 aromatic carbocycles. The molecule has 0 unspecified atom stereocenters. The molecule has 0 heterocycles. The van der Waals surface area contributed by atoms with E-state index in [2.05, 4.69) is 55.7 Å². The van der Waals surface area contributed by atoms with Gasteiger partial charge in [-0.3, -0.25) is 14.9 Å². The number of amides is 1. The van der Waals surface area contributed by atoms with Crippen molar-refractivity contribution in [3.05, 3.63) is 101 Å². The number of carbonyl (C=O) groups is 1. The second kappa shape index (κ2) is 10.5. The van der Waals surface area contributed by atoms with Crippen LogP contribution in [-0.2, 0) is 6.61 Å². The smallest absolute Gasteiger partial charge is 0.271 e. The van der Waals surface area contributed by atoms with Crippen LogP contribution in [-0.4, -0.2) is 17.0 Å². The van der Waals surface area contributed by atoms with E-state index in [0.717, 1.165) is 24.0 Å². The Morgan fingerprint density at radius 3 is 2.43 bits per heavy atom. The molecule has 0 radical (unpaired) electrons. The minimum Gasteiger partial charge on any atom is -0.487 e. The standard InChI is InChI=1S/C21H15I2N3O4/c22-18-9-15(10-19(23)20(18)30-13-14-5-2-1-3-6-14)12-24-25-21(27)16-7-4-8-17(11-16)26(28)29/h1-12H,13H2,(H,25,27)/b24-12-. The van der Waals surface area contributed by atoms with Crippen LogP contribution in [0, 0.1) is 17.3 Å². The van der Waals surface area contributed by atoms with Crippen LogP contribution in [0.3, 0.4) is 0 Å². The molecule has 0 aliphatic rings. The average molecular weight is 627 g/mol. The predicted molar refractivity (Wildman–Crippen MR) is 131 cm³/mol. The van der Waals surface area contributed by atoms with Crippen LogP contribution in [0.25, 0.3) is 0 Å². The second-order valence-corrected chi connectivity index (χ2v) is 8.42. The molecule has 30 heavy (non-hydrogen) atoms. The van der Waals surface area contributed by atoms with Gasteiger partial charge in [-0.2, -0.15) is 5.10 Å². The highest BCUT2D eigenvalue weighted by Crippen LogP contribution is 2.29. The van der Waals surface area contributed by atoms with E-state index in [1.807, 2.05) is 42.5 Å². The summed E-state index contributed by atoms with van der Waals surface area (Å²) in [6, 6.07) is 19.2. The average Bonchev–Trinajstić information content (AvgIpc) is 2.74. The summed E-state index contributed by atoms with van der Waals surface area (Å²) in [7, 11) is 0. The van der Waals surface area contributed by atoms with Crippen LogP contribution in [0.15, 0.2) is 71.8 Å². The number of nitro groups is 1. The van der Waals surface area contributed by atoms with Crippen molar-refractivity contribution in [2.75, 3.05) is 0 Å². The number of benzene rings is 3. The summed E-state index contributed by atoms with van der Waals surface area (Å²) in [6.45, 7) is 0.472. The summed E-state index contributed by atoms with van der Waals surface area (Å²) in [6.07, 6.45) is 1.51. The van der Waals surface area contributed by atoms with Crippen molar-refractivity contribution in [1.82, 2.24) is 5.43 Å². The third-order valence-electron chi connectivity index (χ3n) is 3.95. The van der Waals surface area contributed by atoms with E-state index in [1.165, 1.54) is 30.5 Å². The molecule has 0 spiro atoms. The van der Waals surface area contributed by atoms with E-state index in [9.17, 15) is 14.9 Å². The third kappa shape index (κ3) is 5.98. The van der Waals surface area contributed by atoms with Gasteiger partial charge in [-0.15, -0.1) is 0 Å². The zero-order valence-electron chi connectivity index (χ0n) is 15.4. The number of nitro benzene ring substituents is 1. The van der Waals surface area contributed by atoms with Crippen molar-refractivity contribution >= 4 is 63.0 Å². The van der Waals surface area contributed by atoms with Gasteiger partial charge in [-0.1, -0.05) is 36.4 Å². The van der Waals surface area contributed by atoms with E-state index in [4.69, 9.17) is 4.74 Å². The summed E-state index contributed by atoms with van der Waals surface area (Å²) in [5.41, 5.74) is 4.27. The Bertz CT molecular complexity index is 1080. The maximum absolute atomic E-state index is 12.1. The fourth-order valence-electron chi connectivity index (χ4n) is 2.51. The number of carbonyl (C=O) groups excluding carboxylic acids is 1. The fraction of sp³-hybridized carbons (Fsp3) is 0.0476. The number of rotatable bonds is 7. The topological polar surface area (TPSA) is 93.8 Å². The second-order valence-electron chi connectivity index (χ2n) is 6.09. The summed E-state index contributed by atoms with van der Waals surface area (Å²) in [5, 5.41) is 14.8. The largest absolute Gasteiger partial charge is 0.487 e. The molecule has 0 saturated heterocycles. The van der Waals surface area contributed by atoms with Gasteiger partial charge in [0.05, 0.1) is 18.3 Å². The molecule has 1 amide bonds. The summed E-state index contributed by atoms with van der Waals surface area (Å²) >= 11 is 4.39. The van der Waals surface area contributed by atoms with Gasteiger partial charge in [0, 0.05) is 17.7 Å². The number of nitrogens with zero attached hydrogens (tertiary/aromatic N) is 2. The Morgan fingerprint density at radius 2 is 1.77 bits per heavy atom. The normalized spacial score (nSPS) is 10.7. The van der Waals surface area contributed by atoms with Gasteiger partial charge in [-0.25, -0.2) is 5.43 Å². The minimum absolute atomic E-state index is 0.151. The van der Waals surface area contributed by atoms with Gasteiger partial charge < -0.3 is 4.74 Å². The molecular formula is C21H15I2N3O4. The maximum Gasteiger partial charge on any atom is 0.271 e. The molecule has 3 aromatic rings. The highest BCUT2D eigenvalue weighted by molar-refractivity contribution is 14.1. The van der Waals surface area contributed by atoms with Crippen LogP contribution in [0.4, 0.5) is 5.69 Å². The van der Waals surface area contributed by atoms with Crippen LogP contribution in [0.5, 0.6) is 5.75 Å². The van der Waals surface area contributed by atoms with Crippen molar-refractivity contribution in [1.29, 1.82) is 0 Å². The Balaban J connectivity index is 1.65. The molecule has 9 heteroatoms. The van der Waals surface area contributed by atoms with E-state index in [-0.39, 0.29) is 11.3 Å². The van der Waals surface area contributed by atoms with Gasteiger partial charge in [0.1, 0.15) is 12.4 Å². The summed E-state index contributed by atoms with van der Waals surface area (Å²) < 4.78 is 7.79. The lowest BCUT2D eigenvalue weighted by atomic mass is 10.2. The van der Waals surface area contributed by atoms with E-state index in [0.29, 0.717) is 6.61 Å². The summed E-state index contributed by atoms with van der Waals surface area (Å²) in [5.74, 6) is 0.264. The van der Waals surface area contributed by atoms with Crippen LogP contribution >= 0.6 is 45.2 Å². The number of hydrogen-bond acceptors (Lipinski definition) is 5. The summed E-state index contributed by atoms with van der Waals surface area (Å²) in [4.78, 5) is 22.4. The van der Waals surface area contributed by atoms with E-state index < -0.39 is 10.8 Å². The Labute approximate surface area is 200 Å². The van der Waals surface area contributed by atoms with Gasteiger partial charge >= 0.3 is 0 Å². The van der Waals surface area contributed by atoms with Crippen molar-refractivity contribution in [2.24, 2.45) is 5.10 Å². The molecule has 3 rings (SSSR count). The van der Waals surface area contributed by atoms with Crippen molar-refractivity contribution in [2.45, 2.75) is 6.61 Å². The first kappa shape index (κ1) is 22.2. The highest BCUT2D eigenvalue weighted by Gasteiger charge is 2.11. The number of halogens is 2. The molecule has 1 N–H and O–H groups in total. The highest BCUT2D eigenvalue weighted by atomic mass is 127. The Kier molecular flexibility index (Phi) is 7.74. The van der Waals surface area contributed by atoms with E-state index >= 15 is 0 Å². The Hall–Kier alpha value is -2.54. The monoisotopic (exact) mass is 627 g/mol. The quantitative estimate of drug-likeness (QED) is 0.170. The van der Waals surface area contributed by atoms with Crippen LogP contribution < -0.4 is 10.2 Å². The molecule has 0 aliphatic heterocycles. The number of hydrazone groups is 1.